The van der Waals surface area contributed by atoms with Crippen molar-refractivity contribution in [1.29, 1.82) is 0 Å². The zero-order valence-electron chi connectivity index (χ0n) is 21.7. The van der Waals surface area contributed by atoms with Gasteiger partial charge in [-0.25, -0.2) is 0 Å². The smallest absolute Gasteiger partial charge is 0.303 e. The number of aliphatic carboxylic acids is 1. The number of carbonyl (C=O) groups is 3. The minimum absolute atomic E-state index is 0.0538. The molecule has 192 valence electrons. The van der Waals surface area contributed by atoms with Gasteiger partial charge in [0.1, 0.15) is 5.75 Å². The highest BCUT2D eigenvalue weighted by atomic mass is 16.5. The number of hydrogen-bond donors (Lipinski definition) is 1. The number of carboxylic acid groups (broad SMARTS) is 1. The van der Waals surface area contributed by atoms with Crippen LogP contribution in [-0.4, -0.2) is 33.3 Å². The van der Waals surface area contributed by atoms with E-state index >= 15 is 0 Å². The van der Waals surface area contributed by atoms with Crippen LogP contribution in [0.1, 0.15) is 94.1 Å². The summed E-state index contributed by atoms with van der Waals surface area (Å²) in [6.45, 7) is 7.62. The Labute approximate surface area is 209 Å². The molecule has 0 amide bonds. The number of hydrogen-bond acceptors (Lipinski definition) is 4. The molecule has 0 spiro atoms. The first-order chi connectivity index (χ1) is 16.7. The SMILES string of the molecule is CCCCCCCCc1ccc(OC(C)C(=O)Cn2cc(CCC(=O)O)c(C(=O)C(C)C)c2)cc1. The summed E-state index contributed by atoms with van der Waals surface area (Å²) in [7, 11) is 0. The maximum Gasteiger partial charge on any atom is 0.303 e. The normalized spacial score (nSPS) is 12.0. The van der Waals surface area contributed by atoms with Crippen molar-refractivity contribution in [3.8, 4) is 5.75 Å². The molecule has 1 aromatic heterocycles. The molecular formula is C29H41NO5. The van der Waals surface area contributed by atoms with Crippen LogP contribution >= 0.6 is 0 Å². The molecule has 0 saturated carbocycles. The molecule has 0 aliphatic rings. The lowest BCUT2D eigenvalue weighted by Gasteiger charge is -2.14. The number of benzene rings is 1. The fourth-order valence-electron chi connectivity index (χ4n) is 4.04. The van der Waals surface area contributed by atoms with Gasteiger partial charge in [-0.2, -0.15) is 0 Å². The second kappa shape index (κ2) is 14.5. The van der Waals surface area contributed by atoms with Crippen LogP contribution < -0.4 is 4.74 Å². The number of carboxylic acids is 1. The molecule has 2 aromatic rings. The molecule has 2 rings (SSSR count). The average molecular weight is 484 g/mol. The Morgan fingerprint density at radius 2 is 1.57 bits per heavy atom. The Bertz CT molecular complexity index is 958. The molecule has 1 heterocycles. The summed E-state index contributed by atoms with van der Waals surface area (Å²) in [6.07, 6.45) is 11.6. The van der Waals surface area contributed by atoms with Crippen LogP contribution in [0, 0.1) is 5.92 Å². The molecular weight excluding hydrogens is 442 g/mol. The van der Waals surface area contributed by atoms with Crippen molar-refractivity contribution in [1.82, 2.24) is 4.57 Å². The van der Waals surface area contributed by atoms with E-state index in [1.165, 1.54) is 44.1 Å². The van der Waals surface area contributed by atoms with E-state index in [0.29, 0.717) is 16.9 Å². The second-order valence-corrected chi connectivity index (χ2v) is 9.67. The zero-order valence-corrected chi connectivity index (χ0v) is 21.7. The van der Waals surface area contributed by atoms with E-state index in [-0.39, 0.29) is 36.9 Å². The molecule has 1 unspecified atom stereocenters. The summed E-state index contributed by atoms with van der Waals surface area (Å²) in [5, 5.41) is 9.02. The van der Waals surface area contributed by atoms with Gasteiger partial charge in [-0.05, 0) is 49.4 Å². The van der Waals surface area contributed by atoms with Gasteiger partial charge in [0.05, 0.1) is 6.54 Å². The van der Waals surface area contributed by atoms with E-state index in [1.807, 2.05) is 12.1 Å². The molecule has 0 bridgehead atoms. The number of rotatable bonds is 17. The largest absolute Gasteiger partial charge is 0.483 e. The summed E-state index contributed by atoms with van der Waals surface area (Å²) in [6, 6.07) is 7.94. The average Bonchev–Trinajstić information content (AvgIpc) is 3.22. The molecule has 0 fully saturated rings. The molecule has 0 aliphatic carbocycles. The maximum atomic E-state index is 12.8. The summed E-state index contributed by atoms with van der Waals surface area (Å²) in [5.41, 5.74) is 2.42. The Morgan fingerprint density at radius 1 is 0.914 bits per heavy atom. The van der Waals surface area contributed by atoms with Crippen molar-refractivity contribution >= 4 is 17.5 Å². The van der Waals surface area contributed by atoms with Gasteiger partial charge in [0.25, 0.3) is 0 Å². The minimum Gasteiger partial charge on any atom is -0.483 e. The first-order valence-corrected chi connectivity index (χ1v) is 12.9. The van der Waals surface area contributed by atoms with E-state index < -0.39 is 12.1 Å². The lowest BCUT2D eigenvalue weighted by atomic mass is 9.98. The van der Waals surface area contributed by atoms with Gasteiger partial charge in [0.15, 0.2) is 17.7 Å². The summed E-state index contributed by atoms with van der Waals surface area (Å²) >= 11 is 0. The number of nitrogens with zero attached hydrogens (tertiary/aromatic N) is 1. The highest BCUT2D eigenvalue weighted by Crippen LogP contribution is 2.20. The van der Waals surface area contributed by atoms with Crippen molar-refractivity contribution in [2.75, 3.05) is 0 Å². The third-order valence-electron chi connectivity index (χ3n) is 6.21. The minimum atomic E-state index is -0.920. The standard InChI is InChI=1S/C29H41NO5/c1-5-6-7-8-9-10-11-23-12-15-25(16-13-23)35-22(4)27(31)20-30-18-24(14-17-28(32)33)26(19-30)29(34)21(2)3/h12-13,15-16,18-19,21-22H,5-11,14,17,20H2,1-4H3,(H,32,33). The third kappa shape index (κ3) is 9.71. The van der Waals surface area contributed by atoms with Gasteiger partial charge in [-0.15, -0.1) is 0 Å². The number of ether oxygens (including phenoxy) is 1. The number of aromatic nitrogens is 1. The van der Waals surface area contributed by atoms with Crippen LogP contribution in [0.4, 0.5) is 0 Å². The molecule has 0 aliphatic heterocycles. The van der Waals surface area contributed by atoms with Gasteiger partial charge in [-0.1, -0.05) is 65.0 Å². The predicted octanol–water partition coefficient (Wildman–Crippen LogP) is 6.28. The Kier molecular flexibility index (Phi) is 11.7. The van der Waals surface area contributed by atoms with Crippen molar-refractivity contribution in [2.24, 2.45) is 5.92 Å². The van der Waals surface area contributed by atoms with E-state index in [2.05, 4.69) is 19.1 Å². The quantitative estimate of drug-likeness (QED) is 0.211. The Morgan fingerprint density at radius 3 is 2.20 bits per heavy atom. The van der Waals surface area contributed by atoms with Crippen LogP contribution in [0.15, 0.2) is 36.7 Å². The van der Waals surface area contributed by atoms with Gasteiger partial charge >= 0.3 is 5.97 Å². The third-order valence-corrected chi connectivity index (χ3v) is 6.21. The van der Waals surface area contributed by atoms with Gasteiger partial charge in [0, 0.05) is 30.3 Å². The molecule has 1 N–H and O–H groups in total. The van der Waals surface area contributed by atoms with Gasteiger partial charge < -0.3 is 14.4 Å². The molecule has 35 heavy (non-hydrogen) atoms. The van der Waals surface area contributed by atoms with E-state index in [9.17, 15) is 14.4 Å². The highest BCUT2D eigenvalue weighted by molar-refractivity contribution is 5.99. The second-order valence-electron chi connectivity index (χ2n) is 9.67. The van der Waals surface area contributed by atoms with Crippen molar-refractivity contribution in [3.63, 3.8) is 0 Å². The van der Waals surface area contributed by atoms with Crippen molar-refractivity contribution < 1.29 is 24.2 Å². The van der Waals surface area contributed by atoms with Crippen LogP contribution in [0.2, 0.25) is 0 Å². The monoisotopic (exact) mass is 483 g/mol. The van der Waals surface area contributed by atoms with E-state index in [0.717, 1.165) is 6.42 Å². The first kappa shape index (κ1) is 28.3. The number of carbonyl (C=O) groups excluding carboxylic acids is 2. The molecule has 6 nitrogen and oxygen atoms in total. The summed E-state index contributed by atoms with van der Waals surface area (Å²) < 4.78 is 7.53. The molecule has 0 saturated heterocycles. The van der Waals surface area contributed by atoms with E-state index in [4.69, 9.17) is 9.84 Å². The Hall–Kier alpha value is -2.89. The summed E-state index contributed by atoms with van der Waals surface area (Å²) in [4.78, 5) is 36.4. The van der Waals surface area contributed by atoms with Crippen LogP contribution in [0.3, 0.4) is 0 Å². The maximum absolute atomic E-state index is 12.8. The molecule has 1 aromatic carbocycles. The van der Waals surface area contributed by atoms with E-state index in [1.54, 1.807) is 37.7 Å². The van der Waals surface area contributed by atoms with Gasteiger partial charge in [-0.3, -0.25) is 14.4 Å². The van der Waals surface area contributed by atoms with Crippen LogP contribution in [-0.2, 0) is 29.0 Å². The topological polar surface area (TPSA) is 85.6 Å². The lowest BCUT2D eigenvalue weighted by molar-refractivity contribution is -0.137. The number of ketones is 2. The molecule has 0 radical (unpaired) electrons. The number of unbranched alkanes of at least 4 members (excludes halogenated alkanes) is 5. The van der Waals surface area contributed by atoms with Crippen molar-refractivity contribution in [3.05, 3.63) is 53.3 Å². The summed E-state index contributed by atoms with van der Waals surface area (Å²) in [5.74, 6) is -0.650. The Balaban J connectivity index is 1.91. The number of aryl methyl sites for hydroxylation is 2. The lowest BCUT2D eigenvalue weighted by Crippen LogP contribution is -2.27. The fraction of sp³-hybridized carbons (Fsp3) is 0.552. The van der Waals surface area contributed by atoms with Crippen LogP contribution in [0.25, 0.3) is 0 Å². The molecule has 6 heteroatoms. The molecule has 1 atom stereocenters. The van der Waals surface area contributed by atoms with Crippen molar-refractivity contribution in [2.45, 2.75) is 98.1 Å². The zero-order chi connectivity index (χ0) is 25.8. The van der Waals surface area contributed by atoms with Gasteiger partial charge in [0.2, 0.25) is 0 Å². The fourth-order valence-corrected chi connectivity index (χ4v) is 4.04. The predicted molar refractivity (Wildman–Crippen MR) is 138 cm³/mol. The first-order valence-electron chi connectivity index (χ1n) is 12.9. The highest BCUT2D eigenvalue weighted by Gasteiger charge is 2.21. The number of Topliss-reactive ketones (excluding diaryl/α,β-unsaturated/α-hetero) is 2. The van der Waals surface area contributed by atoms with Crippen LogP contribution in [0.5, 0.6) is 5.75 Å².